The number of aromatic nitrogens is 2. The number of hydrogen-bond acceptors (Lipinski definition) is 6. The molecule has 2 rings (SSSR count). The molecule has 1 aromatic heterocycles. The van der Waals surface area contributed by atoms with E-state index in [4.69, 9.17) is 5.73 Å². The zero-order valence-electron chi connectivity index (χ0n) is 9.67. The van der Waals surface area contributed by atoms with E-state index >= 15 is 0 Å². The molecule has 0 bridgehead atoms. The van der Waals surface area contributed by atoms with E-state index in [2.05, 4.69) is 20.3 Å². The number of hydrogen-bond donors (Lipinski definition) is 3. The standard InChI is InChI=1S/C11H12N4O3/c1-2-6-3-4-8(16)7(5-6)13-11(17)9-10(12)15-18-14-9/h3-5,16H,2H2,1H3,(H2,12,15)(H,13,17). The number of nitrogens with one attached hydrogen (secondary N) is 1. The van der Waals surface area contributed by atoms with Crippen LogP contribution in [-0.2, 0) is 6.42 Å². The summed E-state index contributed by atoms with van der Waals surface area (Å²) in [6.07, 6.45) is 0.788. The van der Waals surface area contributed by atoms with Crippen LogP contribution in [0.3, 0.4) is 0 Å². The molecule has 7 nitrogen and oxygen atoms in total. The Kier molecular flexibility index (Phi) is 3.13. The largest absolute Gasteiger partial charge is 0.506 e. The Bertz CT molecular complexity index is 579. The number of phenols is 1. The summed E-state index contributed by atoms with van der Waals surface area (Å²) in [5.74, 6) is -0.716. The Hall–Kier alpha value is -2.57. The maximum absolute atomic E-state index is 11.8. The molecular formula is C11H12N4O3. The molecule has 0 saturated carbocycles. The molecule has 0 aliphatic rings. The lowest BCUT2D eigenvalue weighted by atomic mass is 10.1. The first kappa shape index (κ1) is 11.9. The fourth-order valence-electron chi connectivity index (χ4n) is 1.44. The second-order valence-electron chi connectivity index (χ2n) is 3.66. The van der Waals surface area contributed by atoms with Crippen molar-refractivity contribution in [1.29, 1.82) is 0 Å². The number of anilines is 2. The lowest BCUT2D eigenvalue weighted by molar-refractivity contribution is 0.101. The smallest absolute Gasteiger partial charge is 0.281 e. The first-order valence-corrected chi connectivity index (χ1v) is 5.33. The summed E-state index contributed by atoms with van der Waals surface area (Å²) >= 11 is 0. The summed E-state index contributed by atoms with van der Waals surface area (Å²) < 4.78 is 4.33. The highest BCUT2D eigenvalue weighted by molar-refractivity contribution is 6.06. The minimum atomic E-state index is -0.586. The summed E-state index contributed by atoms with van der Waals surface area (Å²) in [6, 6.07) is 4.97. The monoisotopic (exact) mass is 248 g/mol. The molecule has 0 unspecified atom stereocenters. The van der Waals surface area contributed by atoms with E-state index < -0.39 is 5.91 Å². The minimum absolute atomic E-state index is 0.0319. The van der Waals surface area contributed by atoms with Gasteiger partial charge in [-0.3, -0.25) is 4.79 Å². The molecule has 7 heteroatoms. The third-order valence-electron chi connectivity index (χ3n) is 2.45. The molecule has 0 aliphatic carbocycles. The van der Waals surface area contributed by atoms with Gasteiger partial charge in [-0.05, 0) is 34.4 Å². The number of aromatic hydroxyl groups is 1. The van der Waals surface area contributed by atoms with Crippen molar-refractivity contribution in [2.45, 2.75) is 13.3 Å². The third kappa shape index (κ3) is 2.24. The van der Waals surface area contributed by atoms with Crippen molar-refractivity contribution in [1.82, 2.24) is 10.3 Å². The summed E-state index contributed by atoms with van der Waals surface area (Å²) in [6.45, 7) is 1.97. The van der Waals surface area contributed by atoms with Gasteiger partial charge in [-0.2, -0.15) is 0 Å². The van der Waals surface area contributed by atoms with Crippen LogP contribution in [0.4, 0.5) is 11.5 Å². The first-order valence-electron chi connectivity index (χ1n) is 5.33. The Morgan fingerprint density at radius 3 is 2.89 bits per heavy atom. The lowest BCUT2D eigenvalue weighted by Crippen LogP contribution is -2.14. The molecule has 1 amide bonds. The number of nitrogens with zero attached hydrogens (tertiary/aromatic N) is 2. The zero-order chi connectivity index (χ0) is 13.1. The van der Waals surface area contributed by atoms with Crippen LogP contribution in [-0.4, -0.2) is 21.3 Å². The molecule has 0 saturated heterocycles. The predicted octanol–water partition coefficient (Wildman–Crippen LogP) is 1.17. The van der Waals surface area contributed by atoms with Crippen LogP contribution in [0.5, 0.6) is 5.75 Å². The molecular weight excluding hydrogens is 236 g/mol. The number of nitrogens with two attached hydrogens (primary N) is 1. The number of carbonyl (C=O) groups is 1. The molecule has 0 aliphatic heterocycles. The van der Waals surface area contributed by atoms with Crippen LogP contribution in [0.15, 0.2) is 22.8 Å². The quantitative estimate of drug-likeness (QED) is 0.702. The maximum Gasteiger partial charge on any atom is 0.281 e. The Morgan fingerprint density at radius 1 is 1.50 bits per heavy atom. The minimum Gasteiger partial charge on any atom is -0.506 e. The van der Waals surface area contributed by atoms with Gasteiger partial charge in [-0.25, -0.2) is 4.63 Å². The van der Waals surface area contributed by atoms with Crippen LogP contribution in [0, 0.1) is 0 Å². The normalized spacial score (nSPS) is 10.3. The number of nitrogen functional groups attached to an aromatic ring is 1. The first-order chi connectivity index (χ1) is 8.61. The lowest BCUT2D eigenvalue weighted by Gasteiger charge is -2.07. The van der Waals surface area contributed by atoms with Crippen LogP contribution in [0.1, 0.15) is 23.0 Å². The van der Waals surface area contributed by atoms with E-state index in [9.17, 15) is 9.90 Å². The van der Waals surface area contributed by atoms with Gasteiger partial charge in [0, 0.05) is 0 Å². The van der Waals surface area contributed by atoms with Crippen LogP contribution in [0.25, 0.3) is 0 Å². The van der Waals surface area contributed by atoms with Crippen molar-refractivity contribution in [2.24, 2.45) is 0 Å². The molecule has 0 fully saturated rings. The van der Waals surface area contributed by atoms with Crippen molar-refractivity contribution in [3.63, 3.8) is 0 Å². The van der Waals surface area contributed by atoms with E-state index in [1.165, 1.54) is 6.07 Å². The van der Waals surface area contributed by atoms with Crippen molar-refractivity contribution in [3.8, 4) is 5.75 Å². The van der Waals surface area contributed by atoms with Gasteiger partial charge >= 0.3 is 0 Å². The van der Waals surface area contributed by atoms with Crippen molar-refractivity contribution < 1.29 is 14.5 Å². The van der Waals surface area contributed by atoms with Gasteiger partial charge < -0.3 is 16.2 Å². The topological polar surface area (TPSA) is 114 Å². The number of carbonyl (C=O) groups excluding carboxylic acids is 1. The van der Waals surface area contributed by atoms with Crippen LogP contribution >= 0.6 is 0 Å². The highest BCUT2D eigenvalue weighted by atomic mass is 16.6. The predicted molar refractivity (Wildman–Crippen MR) is 64.1 cm³/mol. The molecule has 94 valence electrons. The van der Waals surface area contributed by atoms with Crippen molar-refractivity contribution in [2.75, 3.05) is 11.1 Å². The van der Waals surface area contributed by atoms with Gasteiger partial charge in [0.15, 0.2) is 0 Å². The zero-order valence-corrected chi connectivity index (χ0v) is 9.67. The van der Waals surface area contributed by atoms with E-state index in [-0.39, 0.29) is 17.3 Å². The van der Waals surface area contributed by atoms with Crippen LogP contribution < -0.4 is 11.1 Å². The van der Waals surface area contributed by atoms with Gasteiger partial charge in [-0.1, -0.05) is 13.0 Å². The average molecular weight is 248 g/mol. The second kappa shape index (κ2) is 4.74. The summed E-state index contributed by atoms with van der Waals surface area (Å²) in [7, 11) is 0. The van der Waals surface area contributed by atoms with Gasteiger partial charge in [0.1, 0.15) is 5.75 Å². The fraction of sp³-hybridized carbons (Fsp3) is 0.182. The van der Waals surface area contributed by atoms with E-state index in [1.54, 1.807) is 12.1 Å². The highest BCUT2D eigenvalue weighted by Gasteiger charge is 2.17. The number of aryl methyl sites for hydroxylation is 1. The number of phenolic OH excluding ortho intramolecular Hbond substituents is 1. The SMILES string of the molecule is CCc1ccc(O)c(NC(=O)c2nonc2N)c1. The van der Waals surface area contributed by atoms with Gasteiger partial charge in [-0.15, -0.1) is 0 Å². The third-order valence-corrected chi connectivity index (χ3v) is 2.45. The van der Waals surface area contributed by atoms with Gasteiger partial charge in [0.05, 0.1) is 5.69 Å². The Morgan fingerprint density at radius 2 is 2.28 bits per heavy atom. The number of benzene rings is 1. The average Bonchev–Trinajstić information content (AvgIpc) is 2.78. The molecule has 2 aromatic rings. The maximum atomic E-state index is 11.8. The van der Waals surface area contributed by atoms with Crippen LogP contribution in [0.2, 0.25) is 0 Å². The summed E-state index contributed by atoms with van der Waals surface area (Å²) in [4.78, 5) is 11.8. The van der Waals surface area contributed by atoms with Crippen molar-refractivity contribution >= 4 is 17.4 Å². The Labute approximate surface area is 103 Å². The van der Waals surface area contributed by atoms with E-state index in [0.29, 0.717) is 5.69 Å². The van der Waals surface area contributed by atoms with Crippen molar-refractivity contribution in [3.05, 3.63) is 29.5 Å². The summed E-state index contributed by atoms with van der Waals surface area (Å²) in [5.41, 5.74) is 6.56. The molecule has 4 N–H and O–H groups in total. The Balaban J connectivity index is 2.24. The van der Waals surface area contributed by atoms with Gasteiger partial charge in [0.25, 0.3) is 5.91 Å². The molecule has 0 atom stereocenters. The molecule has 0 spiro atoms. The number of rotatable bonds is 3. The second-order valence-corrected chi connectivity index (χ2v) is 3.66. The fourth-order valence-corrected chi connectivity index (χ4v) is 1.44. The molecule has 18 heavy (non-hydrogen) atoms. The van der Waals surface area contributed by atoms with Gasteiger partial charge in [0.2, 0.25) is 11.5 Å². The number of amides is 1. The molecule has 1 heterocycles. The summed E-state index contributed by atoms with van der Waals surface area (Å²) in [5, 5.41) is 18.8. The van der Waals surface area contributed by atoms with E-state index in [1.807, 2.05) is 6.92 Å². The highest BCUT2D eigenvalue weighted by Crippen LogP contribution is 2.25. The molecule has 1 aromatic carbocycles. The molecule has 0 radical (unpaired) electrons. The van der Waals surface area contributed by atoms with E-state index in [0.717, 1.165) is 12.0 Å².